The fourth-order valence-corrected chi connectivity index (χ4v) is 4.30. The molecule has 0 spiro atoms. The summed E-state index contributed by atoms with van der Waals surface area (Å²) in [5.41, 5.74) is 1.39. The molecule has 1 saturated heterocycles. The molecule has 2 N–H and O–H groups in total. The summed E-state index contributed by atoms with van der Waals surface area (Å²) in [6, 6.07) is 9.22. The molecule has 7 heteroatoms. The smallest absolute Gasteiger partial charge is 0.238 e. The third kappa shape index (κ3) is 3.42. The lowest BCUT2D eigenvalue weighted by Gasteiger charge is -2.11. The van der Waals surface area contributed by atoms with Gasteiger partial charge in [0.1, 0.15) is 0 Å². The van der Waals surface area contributed by atoms with Crippen molar-refractivity contribution in [3.8, 4) is 0 Å². The van der Waals surface area contributed by atoms with Crippen LogP contribution in [0.1, 0.15) is 6.42 Å². The van der Waals surface area contributed by atoms with Crippen molar-refractivity contribution in [2.75, 3.05) is 23.4 Å². The van der Waals surface area contributed by atoms with Gasteiger partial charge in [0.05, 0.1) is 29.3 Å². The molecule has 1 aliphatic rings. The van der Waals surface area contributed by atoms with Gasteiger partial charge in [0, 0.05) is 17.6 Å². The Morgan fingerprint density at radius 2 is 2.09 bits per heavy atom. The summed E-state index contributed by atoms with van der Waals surface area (Å²) in [5, 5.41) is 6.76. The highest BCUT2D eigenvalue weighted by atomic mass is 32.2. The van der Waals surface area contributed by atoms with Gasteiger partial charge in [-0.2, -0.15) is 0 Å². The molecule has 1 unspecified atom stereocenters. The number of hydrogen-bond acceptors (Lipinski definition) is 5. The van der Waals surface area contributed by atoms with Crippen molar-refractivity contribution in [3.05, 3.63) is 36.5 Å². The van der Waals surface area contributed by atoms with Crippen molar-refractivity contribution < 1.29 is 13.2 Å². The molecule has 1 aliphatic heterocycles. The zero-order valence-corrected chi connectivity index (χ0v) is 12.8. The molecule has 6 nitrogen and oxygen atoms in total. The fourth-order valence-electron chi connectivity index (χ4n) is 2.59. The second-order valence-electron chi connectivity index (χ2n) is 5.41. The Bertz CT molecular complexity index is 799. The maximum Gasteiger partial charge on any atom is 0.238 e. The van der Waals surface area contributed by atoms with Crippen molar-refractivity contribution in [1.82, 2.24) is 10.3 Å². The van der Waals surface area contributed by atoms with E-state index < -0.39 is 9.84 Å². The zero-order valence-electron chi connectivity index (χ0n) is 12.0. The summed E-state index contributed by atoms with van der Waals surface area (Å²) in [6.45, 7) is 0.0867. The Kier molecular flexibility index (Phi) is 4.08. The van der Waals surface area contributed by atoms with Gasteiger partial charge in [0.2, 0.25) is 5.91 Å². The zero-order chi connectivity index (χ0) is 15.6. The van der Waals surface area contributed by atoms with E-state index in [1.54, 1.807) is 12.3 Å². The van der Waals surface area contributed by atoms with Crippen LogP contribution in [0.25, 0.3) is 10.9 Å². The average Bonchev–Trinajstić information content (AvgIpc) is 2.85. The van der Waals surface area contributed by atoms with Crippen LogP contribution in [0.2, 0.25) is 0 Å². The molecule has 0 bridgehead atoms. The number of anilines is 1. The van der Waals surface area contributed by atoms with Crippen LogP contribution >= 0.6 is 0 Å². The van der Waals surface area contributed by atoms with Gasteiger partial charge in [0.25, 0.3) is 0 Å². The third-order valence-corrected chi connectivity index (χ3v) is 5.46. The number of hydrogen-bond donors (Lipinski definition) is 2. The van der Waals surface area contributed by atoms with E-state index in [2.05, 4.69) is 15.6 Å². The Morgan fingerprint density at radius 3 is 2.86 bits per heavy atom. The maximum absolute atomic E-state index is 12.0. The van der Waals surface area contributed by atoms with Gasteiger partial charge in [-0.1, -0.05) is 18.2 Å². The standard InChI is InChI=1S/C15H17N3O3S/c19-14(9-17-12-6-8-22(20,21)10-12)18-13-5-1-3-11-4-2-7-16-15(11)13/h1-5,7,12,17H,6,8-10H2,(H,18,19). The second kappa shape index (κ2) is 6.02. The quantitative estimate of drug-likeness (QED) is 0.876. The van der Waals surface area contributed by atoms with Gasteiger partial charge in [-0.25, -0.2) is 8.42 Å². The summed E-state index contributed by atoms with van der Waals surface area (Å²) in [4.78, 5) is 16.3. The number of amides is 1. The molecule has 1 fully saturated rings. The number of benzene rings is 1. The fraction of sp³-hybridized carbons (Fsp3) is 0.333. The van der Waals surface area contributed by atoms with Crippen LogP contribution in [0.3, 0.4) is 0 Å². The monoisotopic (exact) mass is 319 g/mol. The predicted molar refractivity (Wildman–Crippen MR) is 85.4 cm³/mol. The molecule has 2 aromatic rings. The van der Waals surface area contributed by atoms with Crippen molar-refractivity contribution in [3.63, 3.8) is 0 Å². The lowest BCUT2D eigenvalue weighted by atomic mass is 10.2. The minimum absolute atomic E-state index is 0.0867. The second-order valence-corrected chi connectivity index (χ2v) is 7.64. The normalized spacial score (nSPS) is 20.1. The van der Waals surface area contributed by atoms with Crippen LogP contribution in [0, 0.1) is 0 Å². The molecular formula is C15H17N3O3S. The number of fused-ring (bicyclic) bond motifs is 1. The molecule has 0 aliphatic carbocycles. The number of pyridine rings is 1. The maximum atomic E-state index is 12.0. The van der Waals surface area contributed by atoms with Crippen molar-refractivity contribution >= 4 is 32.3 Å². The first kappa shape index (κ1) is 14.9. The van der Waals surface area contributed by atoms with E-state index in [0.29, 0.717) is 12.1 Å². The number of nitrogens with one attached hydrogen (secondary N) is 2. The molecule has 22 heavy (non-hydrogen) atoms. The lowest BCUT2D eigenvalue weighted by molar-refractivity contribution is -0.115. The van der Waals surface area contributed by atoms with Crippen LogP contribution < -0.4 is 10.6 Å². The van der Waals surface area contributed by atoms with Crippen molar-refractivity contribution in [1.29, 1.82) is 0 Å². The van der Waals surface area contributed by atoms with Crippen LogP contribution in [-0.2, 0) is 14.6 Å². The van der Waals surface area contributed by atoms with Gasteiger partial charge in [-0.05, 0) is 18.6 Å². The minimum atomic E-state index is -2.94. The largest absolute Gasteiger partial charge is 0.323 e. The van der Waals surface area contributed by atoms with Gasteiger partial charge < -0.3 is 10.6 Å². The molecule has 3 rings (SSSR count). The van der Waals surface area contributed by atoms with Crippen LogP contribution in [0.5, 0.6) is 0 Å². The first-order chi connectivity index (χ1) is 10.5. The lowest BCUT2D eigenvalue weighted by Crippen LogP contribution is -2.36. The summed E-state index contributed by atoms with van der Waals surface area (Å²) >= 11 is 0. The van der Waals surface area contributed by atoms with Crippen molar-refractivity contribution in [2.24, 2.45) is 0 Å². The molecule has 0 saturated carbocycles. The Hall–Kier alpha value is -1.99. The molecule has 2 heterocycles. The topological polar surface area (TPSA) is 88.2 Å². The molecule has 1 amide bonds. The predicted octanol–water partition coefficient (Wildman–Crippen LogP) is 0.950. The van der Waals surface area contributed by atoms with E-state index in [1.165, 1.54) is 0 Å². The number of para-hydroxylation sites is 1. The molecular weight excluding hydrogens is 302 g/mol. The summed E-state index contributed by atoms with van der Waals surface area (Å²) < 4.78 is 22.7. The van der Waals surface area contributed by atoms with E-state index >= 15 is 0 Å². The van der Waals surface area contributed by atoms with Gasteiger partial charge in [0.15, 0.2) is 9.84 Å². The summed E-state index contributed by atoms with van der Waals surface area (Å²) in [7, 11) is -2.94. The van der Waals surface area contributed by atoms with Crippen LogP contribution in [0.15, 0.2) is 36.5 Å². The molecule has 116 valence electrons. The number of nitrogens with zero attached hydrogens (tertiary/aromatic N) is 1. The number of sulfone groups is 1. The Labute approximate surface area is 128 Å². The molecule has 1 atom stereocenters. The molecule has 1 aromatic carbocycles. The van der Waals surface area contributed by atoms with Gasteiger partial charge in [-0.15, -0.1) is 0 Å². The van der Waals surface area contributed by atoms with Gasteiger partial charge in [-0.3, -0.25) is 9.78 Å². The van der Waals surface area contributed by atoms with Crippen molar-refractivity contribution in [2.45, 2.75) is 12.5 Å². The van der Waals surface area contributed by atoms with E-state index in [0.717, 1.165) is 10.9 Å². The molecule has 0 radical (unpaired) electrons. The van der Waals surface area contributed by atoms with E-state index in [1.807, 2.05) is 24.3 Å². The summed E-state index contributed by atoms with van der Waals surface area (Å²) in [5.74, 6) is 0.0952. The first-order valence-electron chi connectivity index (χ1n) is 7.11. The average molecular weight is 319 g/mol. The third-order valence-electron chi connectivity index (χ3n) is 3.69. The highest BCUT2D eigenvalue weighted by Gasteiger charge is 2.27. The highest BCUT2D eigenvalue weighted by molar-refractivity contribution is 7.91. The number of rotatable bonds is 4. The SMILES string of the molecule is O=C(CNC1CCS(=O)(=O)C1)Nc1cccc2cccnc12. The summed E-state index contributed by atoms with van der Waals surface area (Å²) in [6.07, 6.45) is 2.24. The molecule has 1 aromatic heterocycles. The van der Waals surface area contributed by atoms with E-state index in [-0.39, 0.29) is 30.0 Å². The van der Waals surface area contributed by atoms with E-state index in [4.69, 9.17) is 0 Å². The number of aromatic nitrogens is 1. The number of carbonyl (C=O) groups excluding carboxylic acids is 1. The Morgan fingerprint density at radius 1 is 1.27 bits per heavy atom. The first-order valence-corrected chi connectivity index (χ1v) is 8.93. The van der Waals surface area contributed by atoms with Gasteiger partial charge >= 0.3 is 0 Å². The number of carbonyl (C=O) groups is 1. The van der Waals surface area contributed by atoms with Crippen LogP contribution in [0.4, 0.5) is 5.69 Å². The highest BCUT2D eigenvalue weighted by Crippen LogP contribution is 2.20. The Balaban J connectivity index is 1.62. The van der Waals surface area contributed by atoms with Crippen LogP contribution in [-0.4, -0.2) is 43.4 Å². The van der Waals surface area contributed by atoms with E-state index in [9.17, 15) is 13.2 Å². The minimum Gasteiger partial charge on any atom is -0.323 e.